The maximum absolute atomic E-state index is 12.6. The SMILES string of the molecule is COc1ccc(CCNC(=O)c2ccccc2NC(=O)COC(=O)c2cc[n+]([O-])cc2)cc1. The van der Waals surface area contributed by atoms with Gasteiger partial charge in [-0.3, -0.25) is 9.59 Å². The number of ether oxygens (including phenoxy) is 2. The van der Waals surface area contributed by atoms with Gasteiger partial charge in [0, 0.05) is 18.7 Å². The maximum atomic E-state index is 12.6. The number of anilines is 1. The molecule has 0 fully saturated rings. The average molecular weight is 449 g/mol. The van der Waals surface area contributed by atoms with Gasteiger partial charge >= 0.3 is 5.97 Å². The van der Waals surface area contributed by atoms with Gasteiger partial charge in [0.15, 0.2) is 19.0 Å². The number of hydrogen-bond acceptors (Lipinski definition) is 6. The summed E-state index contributed by atoms with van der Waals surface area (Å²) < 4.78 is 10.6. The molecule has 1 aromatic heterocycles. The smallest absolute Gasteiger partial charge is 0.339 e. The molecule has 0 aliphatic carbocycles. The molecule has 33 heavy (non-hydrogen) atoms. The van der Waals surface area contributed by atoms with Gasteiger partial charge in [-0.25, -0.2) is 4.79 Å². The number of amides is 2. The lowest BCUT2D eigenvalue weighted by Crippen LogP contribution is -2.28. The normalized spacial score (nSPS) is 10.2. The number of aromatic nitrogens is 1. The third-order valence-corrected chi connectivity index (χ3v) is 4.68. The van der Waals surface area contributed by atoms with Crippen molar-refractivity contribution < 1.29 is 28.6 Å². The van der Waals surface area contributed by atoms with Crippen LogP contribution in [-0.2, 0) is 16.0 Å². The van der Waals surface area contributed by atoms with Crippen molar-refractivity contribution in [3.05, 3.63) is 95.0 Å². The fourth-order valence-electron chi connectivity index (χ4n) is 2.95. The molecule has 0 aliphatic heterocycles. The molecule has 0 saturated carbocycles. The molecule has 0 spiro atoms. The van der Waals surface area contributed by atoms with Crippen LogP contribution in [0.1, 0.15) is 26.3 Å². The zero-order valence-corrected chi connectivity index (χ0v) is 17.9. The van der Waals surface area contributed by atoms with Gasteiger partial charge < -0.3 is 25.3 Å². The van der Waals surface area contributed by atoms with E-state index in [1.165, 1.54) is 12.1 Å². The van der Waals surface area contributed by atoms with Crippen LogP contribution in [0.25, 0.3) is 0 Å². The second-order valence-corrected chi connectivity index (χ2v) is 6.97. The summed E-state index contributed by atoms with van der Waals surface area (Å²) in [6.07, 6.45) is 2.94. The van der Waals surface area contributed by atoms with Crippen LogP contribution in [0.5, 0.6) is 5.75 Å². The first-order chi connectivity index (χ1) is 16.0. The lowest BCUT2D eigenvalue weighted by atomic mass is 10.1. The summed E-state index contributed by atoms with van der Waals surface area (Å²) in [6.45, 7) is -0.135. The number of rotatable bonds is 9. The largest absolute Gasteiger partial charge is 0.619 e. The zero-order valence-electron chi connectivity index (χ0n) is 17.9. The second kappa shape index (κ2) is 11.3. The summed E-state index contributed by atoms with van der Waals surface area (Å²) in [5.74, 6) is -0.920. The highest BCUT2D eigenvalue weighted by Gasteiger charge is 2.15. The molecule has 0 atom stereocenters. The van der Waals surface area contributed by atoms with E-state index in [0.29, 0.717) is 23.4 Å². The molecule has 2 amide bonds. The predicted octanol–water partition coefficient (Wildman–Crippen LogP) is 2.10. The first-order valence-electron chi connectivity index (χ1n) is 10.1. The van der Waals surface area contributed by atoms with Crippen LogP contribution in [-0.4, -0.2) is 38.0 Å². The molecule has 170 valence electrons. The highest BCUT2D eigenvalue weighted by atomic mass is 16.5. The average Bonchev–Trinajstić information content (AvgIpc) is 2.83. The van der Waals surface area contributed by atoms with E-state index in [2.05, 4.69) is 10.6 Å². The number of nitrogens with one attached hydrogen (secondary N) is 2. The molecule has 2 N–H and O–H groups in total. The molecule has 0 radical (unpaired) electrons. The van der Waals surface area contributed by atoms with Crippen molar-refractivity contribution in [2.75, 3.05) is 25.6 Å². The van der Waals surface area contributed by atoms with E-state index in [-0.39, 0.29) is 17.0 Å². The van der Waals surface area contributed by atoms with Gasteiger partial charge in [0.05, 0.1) is 23.9 Å². The van der Waals surface area contributed by atoms with Crippen LogP contribution in [0.3, 0.4) is 0 Å². The Labute approximate surface area is 190 Å². The minimum Gasteiger partial charge on any atom is -0.619 e. The molecule has 0 aliphatic rings. The molecular formula is C24H23N3O6. The number of nitrogens with zero attached hydrogens (tertiary/aromatic N) is 1. The summed E-state index contributed by atoms with van der Waals surface area (Å²) in [4.78, 5) is 36.8. The third-order valence-electron chi connectivity index (χ3n) is 4.68. The van der Waals surface area contributed by atoms with Crippen molar-refractivity contribution in [3.63, 3.8) is 0 Å². The Balaban J connectivity index is 1.51. The van der Waals surface area contributed by atoms with Crippen LogP contribution >= 0.6 is 0 Å². The molecule has 0 unspecified atom stereocenters. The molecule has 3 rings (SSSR count). The standard InChI is InChI=1S/C24H23N3O6/c1-32-19-8-6-17(7-9-19)10-13-25-23(29)20-4-2-3-5-21(20)26-22(28)16-33-24(30)18-11-14-27(31)15-12-18/h2-9,11-12,14-15H,10,13,16H2,1H3,(H,25,29)(H,26,28). The number of benzene rings is 2. The van der Waals surface area contributed by atoms with Crippen molar-refractivity contribution in [2.45, 2.75) is 6.42 Å². The summed E-state index contributed by atoms with van der Waals surface area (Å²) in [6, 6.07) is 16.7. The first kappa shape index (κ1) is 23.3. The lowest BCUT2D eigenvalue weighted by molar-refractivity contribution is -0.605. The van der Waals surface area contributed by atoms with Gasteiger partial charge in [0.2, 0.25) is 0 Å². The van der Waals surface area contributed by atoms with Gasteiger partial charge in [-0.05, 0) is 36.2 Å². The summed E-state index contributed by atoms with van der Waals surface area (Å²) in [5, 5.41) is 16.4. The van der Waals surface area contributed by atoms with Gasteiger partial charge in [0.1, 0.15) is 5.75 Å². The van der Waals surface area contributed by atoms with E-state index >= 15 is 0 Å². The molecule has 9 nitrogen and oxygen atoms in total. The molecule has 0 saturated heterocycles. The summed E-state index contributed by atoms with van der Waals surface area (Å²) >= 11 is 0. The zero-order chi connectivity index (χ0) is 23.6. The Morgan fingerprint density at radius 2 is 1.67 bits per heavy atom. The number of esters is 1. The van der Waals surface area contributed by atoms with E-state index < -0.39 is 18.5 Å². The molecule has 3 aromatic rings. The van der Waals surface area contributed by atoms with Crippen molar-refractivity contribution >= 4 is 23.5 Å². The van der Waals surface area contributed by atoms with E-state index in [1.807, 2.05) is 24.3 Å². The van der Waals surface area contributed by atoms with Gasteiger partial charge in [0.25, 0.3) is 11.8 Å². The lowest BCUT2D eigenvalue weighted by Gasteiger charge is -2.12. The maximum Gasteiger partial charge on any atom is 0.339 e. The van der Waals surface area contributed by atoms with E-state index in [0.717, 1.165) is 23.7 Å². The topological polar surface area (TPSA) is 121 Å². The second-order valence-electron chi connectivity index (χ2n) is 6.97. The molecule has 9 heteroatoms. The molecule has 1 heterocycles. The number of hydrogen-bond donors (Lipinski definition) is 2. The van der Waals surface area contributed by atoms with Gasteiger partial charge in [-0.2, -0.15) is 4.73 Å². The van der Waals surface area contributed by atoms with Crippen molar-refractivity contribution in [1.82, 2.24) is 5.32 Å². The molecule has 0 bridgehead atoms. The molecule has 2 aromatic carbocycles. The minimum absolute atomic E-state index is 0.145. The fraction of sp³-hybridized carbons (Fsp3) is 0.167. The Morgan fingerprint density at radius 3 is 2.36 bits per heavy atom. The van der Waals surface area contributed by atoms with E-state index in [1.54, 1.807) is 31.4 Å². The van der Waals surface area contributed by atoms with Crippen molar-refractivity contribution in [1.29, 1.82) is 0 Å². The van der Waals surface area contributed by atoms with Gasteiger partial charge in [-0.1, -0.05) is 24.3 Å². The Hall–Kier alpha value is -4.40. The Bertz CT molecular complexity index is 1110. The van der Waals surface area contributed by atoms with Crippen molar-refractivity contribution in [3.8, 4) is 5.75 Å². The van der Waals surface area contributed by atoms with Crippen LogP contribution in [0, 0.1) is 5.21 Å². The monoisotopic (exact) mass is 449 g/mol. The Kier molecular flexibility index (Phi) is 7.96. The van der Waals surface area contributed by atoms with E-state index in [4.69, 9.17) is 9.47 Å². The van der Waals surface area contributed by atoms with Crippen LogP contribution in [0.15, 0.2) is 73.1 Å². The molecular weight excluding hydrogens is 426 g/mol. The fourth-order valence-corrected chi connectivity index (χ4v) is 2.95. The van der Waals surface area contributed by atoms with Crippen LogP contribution in [0.4, 0.5) is 5.69 Å². The van der Waals surface area contributed by atoms with Crippen LogP contribution < -0.4 is 20.1 Å². The first-order valence-corrected chi connectivity index (χ1v) is 10.1. The minimum atomic E-state index is -0.740. The van der Waals surface area contributed by atoms with Gasteiger partial charge in [-0.15, -0.1) is 0 Å². The highest BCUT2D eigenvalue weighted by Crippen LogP contribution is 2.15. The number of carbonyl (C=O) groups excluding carboxylic acids is 3. The number of carbonyl (C=O) groups is 3. The number of para-hydroxylation sites is 1. The number of methoxy groups -OCH3 is 1. The third kappa shape index (κ3) is 6.79. The quantitative estimate of drug-likeness (QED) is 0.293. The van der Waals surface area contributed by atoms with Crippen molar-refractivity contribution in [2.24, 2.45) is 0 Å². The summed E-state index contributed by atoms with van der Waals surface area (Å²) in [5.41, 5.74) is 1.78. The van der Waals surface area contributed by atoms with E-state index in [9.17, 15) is 19.6 Å². The highest BCUT2D eigenvalue weighted by molar-refractivity contribution is 6.04. The Morgan fingerprint density at radius 1 is 0.970 bits per heavy atom. The summed E-state index contributed by atoms with van der Waals surface area (Å²) in [7, 11) is 1.60. The number of pyridine rings is 1. The predicted molar refractivity (Wildman–Crippen MR) is 120 cm³/mol. The van der Waals surface area contributed by atoms with Crippen LogP contribution in [0.2, 0.25) is 0 Å².